The summed E-state index contributed by atoms with van der Waals surface area (Å²) in [6.45, 7) is 3.19. The second-order valence-corrected chi connectivity index (χ2v) is 6.05. The van der Waals surface area contributed by atoms with Gasteiger partial charge in [-0.3, -0.25) is 14.0 Å². The summed E-state index contributed by atoms with van der Waals surface area (Å²) in [5.41, 5.74) is 0.0335. The zero-order valence-electron chi connectivity index (χ0n) is 13.7. The molecule has 1 amide bonds. The molecule has 0 unspecified atom stereocenters. The van der Waals surface area contributed by atoms with Crippen LogP contribution >= 0.6 is 0 Å². The van der Waals surface area contributed by atoms with E-state index in [4.69, 9.17) is 0 Å². The molecule has 1 aliphatic heterocycles. The summed E-state index contributed by atoms with van der Waals surface area (Å²) >= 11 is 0. The van der Waals surface area contributed by atoms with Crippen LogP contribution in [0.2, 0.25) is 0 Å². The van der Waals surface area contributed by atoms with E-state index in [0.717, 1.165) is 26.1 Å². The molecule has 0 saturated carbocycles. The maximum Gasteiger partial charge on any atom is 0.343 e. The second kappa shape index (κ2) is 7.39. The molecule has 10 heteroatoms. The fourth-order valence-electron chi connectivity index (χ4n) is 2.82. The molecular weight excluding hydrogens is 312 g/mol. The van der Waals surface area contributed by atoms with E-state index < -0.39 is 0 Å². The van der Waals surface area contributed by atoms with Crippen molar-refractivity contribution in [1.29, 1.82) is 0 Å². The topological polar surface area (TPSA) is 123 Å². The first-order chi connectivity index (χ1) is 11.6. The van der Waals surface area contributed by atoms with Gasteiger partial charge in [-0.05, 0) is 31.8 Å². The lowest BCUT2D eigenvalue weighted by Crippen LogP contribution is -2.32. The molecule has 3 heterocycles. The van der Waals surface area contributed by atoms with E-state index in [-0.39, 0.29) is 11.6 Å². The molecule has 3 rings (SSSR count). The van der Waals surface area contributed by atoms with Crippen molar-refractivity contribution in [3.8, 4) is 0 Å². The Kier molecular flexibility index (Phi) is 5.04. The number of hydrogen-bond donors (Lipinski definition) is 3. The van der Waals surface area contributed by atoms with Gasteiger partial charge in [0.25, 0.3) is 5.91 Å². The van der Waals surface area contributed by atoms with E-state index in [0.29, 0.717) is 30.4 Å². The van der Waals surface area contributed by atoms with Gasteiger partial charge < -0.3 is 10.6 Å². The number of amides is 1. The summed E-state index contributed by atoms with van der Waals surface area (Å²) in [6, 6.07) is 0. The second-order valence-electron chi connectivity index (χ2n) is 6.05. The van der Waals surface area contributed by atoms with Crippen molar-refractivity contribution in [2.75, 3.05) is 19.6 Å². The Morgan fingerprint density at radius 2 is 2.38 bits per heavy atom. The van der Waals surface area contributed by atoms with Gasteiger partial charge in [-0.1, -0.05) is 5.21 Å². The number of carbonyl (C=O) groups excluding carboxylic acids is 1. The van der Waals surface area contributed by atoms with E-state index in [1.54, 1.807) is 17.9 Å². The molecule has 0 bridgehead atoms. The molecule has 10 nitrogen and oxygen atoms in total. The normalized spacial score (nSPS) is 17.8. The smallest absolute Gasteiger partial charge is 0.343 e. The predicted molar refractivity (Wildman–Crippen MR) is 85.5 cm³/mol. The van der Waals surface area contributed by atoms with Crippen molar-refractivity contribution in [1.82, 2.24) is 40.4 Å². The van der Waals surface area contributed by atoms with E-state index in [2.05, 4.69) is 31.1 Å². The van der Waals surface area contributed by atoms with Crippen molar-refractivity contribution in [3.05, 3.63) is 28.2 Å². The number of hydrogen-bond acceptors (Lipinski definition) is 6. The SMILES string of the molecule is Cn1c(CCNC(=O)c2cn(C[C@@H]3CCCNC3)nn2)n[nH]c1=O. The van der Waals surface area contributed by atoms with Gasteiger partial charge in [0.1, 0.15) is 5.82 Å². The Labute approximate surface area is 138 Å². The van der Waals surface area contributed by atoms with Gasteiger partial charge in [-0.2, -0.15) is 5.10 Å². The average molecular weight is 334 g/mol. The van der Waals surface area contributed by atoms with Crippen LogP contribution in [-0.2, 0) is 20.0 Å². The van der Waals surface area contributed by atoms with Gasteiger partial charge >= 0.3 is 5.69 Å². The third-order valence-electron chi connectivity index (χ3n) is 4.22. The summed E-state index contributed by atoms with van der Waals surface area (Å²) in [7, 11) is 1.63. The molecular formula is C14H22N8O2. The number of aromatic nitrogens is 6. The molecule has 1 aliphatic rings. The first-order valence-electron chi connectivity index (χ1n) is 8.13. The predicted octanol–water partition coefficient (Wildman–Crippen LogP) is -1.33. The third-order valence-corrected chi connectivity index (χ3v) is 4.22. The Balaban J connectivity index is 1.48. The Morgan fingerprint density at radius 1 is 1.50 bits per heavy atom. The molecule has 2 aromatic rings. The molecule has 3 N–H and O–H groups in total. The number of aromatic amines is 1. The van der Waals surface area contributed by atoms with Crippen molar-refractivity contribution in [2.24, 2.45) is 13.0 Å². The highest BCUT2D eigenvalue weighted by Crippen LogP contribution is 2.11. The largest absolute Gasteiger partial charge is 0.350 e. The number of nitrogens with one attached hydrogen (secondary N) is 3. The Bertz CT molecular complexity index is 740. The fourth-order valence-corrected chi connectivity index (χ4v) is 2.82. The first kappa shape index (κ1) is 16.4. The van der Waals surface area contributed by atoms with Gasteiger partial charge in [0.05, 0.1) is 6.20 Å². The lowest BCUT2D eigenvalue weighted by Gasteiger charge is -2.22. The van der Waals surface area contributed by atoms with Crippen LogP contribution in [0.15, 0.2) is 11.0 Å². The van der Waals surface area contributed by atoms with Crippen LogP contribution in [-0.4, -0.2) is 55.3 Å². The molecule has 130 valence electrons. The fraction of sp³-hybridized carbons (Fsp3) is 0.643. The van der Waals surface area contributed by atoms with Crippen LogP contribution in [0.1, 0.15) is 29.2 Å². The van der Waals surface area contributed by atoms with E-state index in [9.17, 15) is 9.59 Å². The molecule has 1 atom stereocenters. The number of rotatable bonds is 6. The summed E-state index contributed by atoms with van der Waals surface area (Å²) in [5.74, 6) is 0.842. The van der Waals surface area contributed by atoms with E-state index in [1.807, 2.05) is 0 Å². The number of piperidine rings is 1. The van der Waals surface area contributed by atoms with Crippen molar-refractivity contribution in [3.63, 3.8) is 0 Å². The van der Waals surface area contributed by atoms with Gasteiger partial charge in [0.15, 0.2) is 5.69 Å². The summed E-state index contributed by atoms with van der Waals surface area (Å²) < 4.78 is 3.14. The highest BCUT2D eigenvalue weighted by molar-refractivity contribution is 5.91. The zero-order valence-corrected chi connectivity index (χ0v) is 13.7. The third kappa shape index (κ3) is 3.88. The Hall–Kier alpha value is -2.49. The molecule has 0 aromatic carbocycles. The lowest BCUT2D eigenvalue weighted by molar-refractivity contribution is 0.0949. The van der Waals surface area contributed by atoms with Crippen LogP contribution in [0, 0.1) is 5.92 Å². The quantitative estimate of drug-likeness (QED) is 0.602. The van der Waals surface area contributed by atoms with Gasteiger partial charge in [0, 0.05) is 26.6 Å². The maximum absolute atomic E-state index is 12.1. The van der Waals surface area contributed by atoms with Crippen LogP contribution in [0.3, 0.4) is 0 Å². The highest BCUT2D eigenvalue weighted by Gasteiger charge is 2.16. The summed E-state index contributed by atoms with van der Waals surface area (Å²) in [6.07, 6.45) is 4.47. The minimum absolute atomic E-state index is 0.267. The first-order valence-corrected chi connectivity index (χ1v) is 8.13. The highest BCUT2D eigenvalue weighted by atomic mass is 16.2. The lowest BCUT2D eigenvalue weighted by atomic mass is 10.00. The molecule has 1 saturated heterocycles. The number of carbonyl (C=O) groups is 1. The van der Waals surface area contributed by atoms with E-state index in [1.165, 1.54) is 11.0 Å². The van der Waals surface area contributed by atoms with Crippen LogP contribution in [0.5, 0.6) is 0 Å². The van der Waals surface area contributed by atoms with Crippen molar-refractivity contribution >= 4 is 5.91 Å². The zero-order chi connectivity index (χ0) is 16.9. The minimum atomic E-state index is -0.274. The monoisotopic (exact) mass is 334 g/mol. The van der Waals surface area contributed by atoms with Gasteiger partial charge in [-0.25, -0.2) is 9.89 Å². The van der Waals surface area contributed by atoms with E-state index >= 15 is 0 Å². The Morgan fingerprint density at radius 3 is 3.08 bits per heavy atom. The van der Waals surface area contributed by atoms with Gasteiger partial charge in [0.2, 0.25) is 0 Å². The summed E-state index contributed by atoms with van der Waals surface area (Å²) in [5, 5.41) is 20.3. The number of nitrogens with zero attached hydrogens (tertiary/aromatic N) is 5. The average Bonchev–Trinajstić information content (AvgIpc) is 3.17. The molecule has 0 radical (unpaired) electrons. The van der Waals surface area contributed by atoms with Crippen molar-refractivity contribution in [2.45, 2.75) is 25.8 Å². The molecule has 24 heavy (non-hydrogen) atoms. The number of H-pyrrole nitrogens is 1. The molecule has 2 aromatic heterocycles. The molecule has 0 spiro atoms. The molecule has 0 aliphatic carbocycles. The van der Waals surface area contributed by atoms with Crippen molar-refractivity contribution < 1.29 is 4.79 Å². The summed E-state index contributed by atoms with van der Waals surface area (Å²) in [4.78, 5) is 23.4. The maximum atomic E-state index is 12.1. The van der Waals surface area contributed by atoms with Crippen LogP contribution in [0.4, 0.5) is 0 Å². The van der Waals surface area contributed by atoms with Crippen LogP contribution in [0.25, 0.3) is 0 Å². The standard InChI is InChI=1S/C14H22N8O2/c1-21-12(18-19-14(21)24)4-6-16-13(23)11-9-22(20-17-11)8-10-3-2-5-15-7-10/h9-10,15H,2-8H2,1H3,(H,16,23)(H,19,24)/t10-/m1/s1. The van der Waals surface area contributed by atoms with Gasteiger partial charge in [-0.15, -0.1) is 5.10 Å². The molecule has 1 fully saturated rings. The minimum Gasteiger partial charge on any atom is -0.350 e. The van der Waals surface area contributed by atoms with Crippen LogP contribution < -0.4 is 16.3 Å².